The van der Waals surface area contributed by atoms with Gasteiger partial charge in [0.25, 0.3) is 0 Å². The van der Waals surface area contributed by atoms with Crippen LogP contribution in [-0.2, 0) is 0 Å². The molecule has 0 atom stereocenters. The van der Waals surface area contributed by atoms with Gasteiger partial charge in [-0.3, -0.25) is 0 Å². The van der Waals surface area contributed by atoms with Gasteiger partial charge in [-0.1, -0.05) is 29.3 Å². The zero-order valence-corrected chi connectivity index (χ0v) is 11.0. The van der Waals surface area contributed by atoms with Gasteiger partial charge in [0.15, 0.2) is 5.82 Å². The van der Waals surface area contributed by atoms with Crippen molar-refractivity contribution >= 4 is 34.7 Å². The monoisotopic (exact) mass is 267 g/mol. The molecule has 0 saturated heterocycles. The molecule has 0 spiro atoms. The Hall–Kier alpha value is -1.32. The minimum absolute atomic E-state index is 0.168. The molecule has 0 aliphatic heterocycles. The summed E-state index contributed by atoms with van der Waals surface area (Å²) in [6.45, 7) is 4.07. The van der Waals surface area contributed by atoms with E-state index in [1.807, 2.05) is 26.0 Å². The fraction of sp³-hybridized carbons (Fsp3) is 0.167. The van der Waals surface area contributed by atoms with Crippen LogP contribution < -0.4 is 5.32 Å². The summed E-state index contributed by atoms with van der Waals surface area (Å²) in [6, 6.07) is 6.09. The van der Waals surface area contributed by atoms with E-state index < -0.39 is 0 Å². The van der Waals surface area contributed by atoms with Gasteiger partial charge in [-0.25, -0.2) is 4.98 Å². The number of anilines is 2. The normalized spacial score (nSPS) is 10.4. The van der Waals surface area contributed by atoms with Crippen molar-refractivity contribution in [3.8, 4) is 0 Å². The third kappa shape index (κ3) is 2.87. The zero-order chi connectivity index (χ0) is 12.4. The number of benzene rings is 1. The first kappa shape index (κ1) is 12.1. The minimum atomic E-state index is 0.168. The molecule has 0 unspecified atom stereocenters. The van der Waals surface area contributed by atoms with E-state index >= 15 is 0 Å². The van der Waals surface area contributed by atoms with Crippen molar-refractivity contribution in [2.24, 2.45) is 0 Å². The van der Waals surface area contributed by atoms with Gasteiger partial charge in [-0.15, -0.1) is 0 Å². The molecule has 0 amide bonds. The zero-order valence-electron chi connectivity index (χ0n) is 9.46. The number of aryl methyl sites for hydroxylation is 2. The maximum absolute atomic E-state index is 5.98. The summed E-state index contributed by atoms with van der Waals surface area (Å²) in [6.07, 6.45) is 1.47. The molecule has 0 fully saturated rings. The highest BCUT2D eigenvalue weighted by Crippen LogP contribution is 2.25. The molecular weight excluding hydrogens is 257 g/mol. The third-order valence-corrected chi connectivity index (χ3v) is 2.81. The van der Waals surface area contributed by atoms with Gasteiger partial charge in [0, 0.05) is 5.69 Å². The Labute approximate surface area is 110 Å². The Morgan fingerprint density at radius 1 is 1.18 bits per heavy atom. The van der Waals surface area contributed by atoms with Crippen molar-refractivity contribution in [1.29, 1.82) is 0 Å². The second kappa shape index (κ2) is 4.90. The lowest BCUT2D eigenvalue weighted by molar-refractivity contribution is 1.16. The van der Waals surface area contributed by atoms with E-state index in [-0.39, 0.29) is 5.28 Å². The van der Waals surface area contributed by atoms with E-state index in [2.05, 4.69) is 21.4 Å². The molecule has 0 saturated carbocycles. The van der Waals surface area contributed by atoms with E-state index in [0.717, 1.165) is 11.3 Å². The predicted molar refractivity (Wildman–Crippen MR) is 71.3 cm³/mol. The van der Waals surface area contributed by atoms with Crippen LogP contribution >= 0.6 is 23.2 Å². The van der Waals surface area contributed by atoms with Gasteiger partial charge < -0.3 is 5.32 Å². The fourth-order valence-corrected chi connectivity index (χ4v) is 1.79. The van der Waals surface area contributed by atoms with Crippen LogP contribution in [0.3, 0.4) is 0 Å². The number of rotatable bonds is 2. The summed E-state index contributed by atoms with van der Waals surface area (Å²) in [5, 5.41) is 3.75. The molecule has 5 heteroatoms. The van der Waals surface area contributed by atoms with Crippen LogP contribution in [0.5, 0.6) is 0 Å². The fourth-order valence-electron chi connectivity index (χ4n) is 1.51. The van der Waals surface area contributed by atoms with Crippen LogP contribution in [0.15, 0.2) is 24.4 Å². The van der Waals surface area contributed by atoms with Crippen LogP contribution in [0.2, 0.25) is 10.3 Å². The Morgan fingerprint density at radius 3 is 2.65 bits per heavy atom. The maximum atomic E-state index is 5.98. The molecule has 0 bridgehead atoms. The van der Waals surface area contributed by atoms with Crippen molar-refractivity contribution in [2.75, 3.05) is 5.32 Å². The highest BCUT2D eigenvalue weighted by molar-refractivity contribution is 6.33. The summed E-state index contributed by atoms with van der Waals surface area (Å²) in [7, 11) is 0. The smallest absolute Gasteiger partial charge is 0.224 e. The summed E-state index contributed by atoms with van der Waals surface area (Å²) >= 11 is 11.7. The number of nitrogens with one attached hydrogen (secondary N) is 1. The van der Waals surface area contributed by atoms with Crippen LogP contribution in [-0.4, -0.2) is 9.97 Å². The second-order valence-corrected chi connectivity index (χ2v) is 4.52. The largest absolute Gasteiger partial charge is 0.339 e. The SMILES string of the molecule is Cc1ccc(Nc2nc(Cl)ncc2Cl)c(C)c1. The molecule has 1 aromatic carbocycles. The summed E-state index contributed by atoms with van der Waals surface area (Å²) in [4.78, 5) is 7.84. The summed E-state index contributed by atoms with van der Waals surface area (Å²) in [5.74, 6) is 0.513. The first-order chi connectivity index (χ1) is 8.06. The number of halogens is 2. The highest BCUT2D eigenvalue weighted by atomic mass is 35.5. The third-order valence-electron chi connectivity index (χ3n) is 2.35. The second-order valence-electron chi connectivity index (χ2n) is 3.78. The molecule has 3 nitrogen and oxygen atoms in total. The number of hydrogen-bond acceptors (Lipinski definition) is 3. The number of aromatic nitrogens is 2. The average molecular weight is 268 g/mol. The van der Waals surface area contributed by atoms with Crippen LogP contribution in [0, 0.1) is 13.8 Å². The molecule has 0 aliphatic rings. The van der Waals surface area contributed by atoms with E-state index in [4.69, 9.17) is 23.2 Å². The summed E-state index contributed by atoms with van der Waals surface area (Å²) in [5.41, 5.74) is 3.28. The Kier molecular flexibility index (Phi) is 3.50. The minimum Gasteiger partial charge on any atom is -0.339 e. The molecule has 1 N–H and O–H groups in total. The lowest BCUT2D eigenvalue weighted by Crippen LogP contribution is -1.98. The Balaban J connectivity index is 2.34. The van der Waals surface area contributed by atoms with Gasteiger partial charge in [-0.2, -0.15) is 4.98 Å². The van der Waals surface area contributed by atoms with Gasteiger partial charge in [0.1, 0.15) is 5.02 Å². The summed E-state index contributed by atoms with van der Waals surface area (Å²) < 4.78 is 0. The number of hydrogen-bond donors (Lipinski definition) is 1. The van der Waals surface area contributed by atoms with Gasteiger partial charge in [0.2, 0.25) is 5.28 Å². The quantitative estimate of drug-likeness (QED) is 0.831. The van der Waals surface area contributed by atoms with Gasteiger partial charge in [0.05, 0.1) is 6.20 Å². The van der Waals surface area contributed by atoms with Crippen molar-refractivity contribution < 1.29 is 0 Å². The van der Waals surface area contributed by atoms with E-state index in [1.54, 1.807) is 0 Å². The van der Waals surface area contributed by atoms with Crippen LogP contribution in [0.25, 0.3) is 0 Å². The van der Waals surface area contributed by atoms with Crippen molar-refractivity contribution in [3.05, 3.63) is 45.8 Å². The van der Waals surface area contributed by atoms with E-state index in [1.165, 1.54) is 11.8 Å². The molecule has 2 rings (SSSR count). The van der Waals surface area contributed by atoms with Crippen molar-refractivity contribution in [2.45, 2.75) is 13.8 Å². The van der Waals surface area contributed by atoms with E-state index in [0.29, 0.717) is 10.8 Å². The first-order valence-corrected chi connectivity index (χ1v) is 5.84. The lowest BCUT2D eigenvalue weighted by atomic mass is 10.1. The van der Waals surface area contributed by atoms with Crippen LogP contribution in [0.1, 0.15) is 11.1 Å². The van der Waals surface area contributed by atoms with Gasteiger partial charge in [-0.05, 0) is 37.1 Å². The average Bonchev–Trinajstić information content (AvgIpc) is 2.27. The molecule has 0 aliphatic carbocycles. The Bertz CT molecular complexity index is 555. The molecule has 1 heterocycles. The highest BCUT2D eigenvalue weighted by Gasteiger charge is 2.06. The standard InChI is InChI=1S/C12H11Cl2N3/c1-7-3-4-10(8(2)5-7)16-11-9(13)6-15-12(14)17-11/h3-6H,1-2H3,(H,15,16,17). The molecule has 0 radical (unpaired) electrons. The molecule has 1 aromatic heterocycles. The molecule has 88 valence electrons. The van der Waals surface area contributed by atoms with Crippen molar-refractivity contribution in [3.63, 3.8) is 0 Å². The predicted octanol–water partition coefficient (Wildman–Crippen LogP) is 4.14. The molecule has 2 aromatic rings. The van der Waals surface area contributed by atoms with Gasteiger partial charge >= 0.3 is 0 Å². The van der Waals surface area contributed by atoms with Crippen molar-refractivity contribution in [1.82, 2.24) is 9.97 Å². The topological polar surface area (TPSA) is 37.8 Å². The maximum Gasteiger partial charge on any atom is 0.224 e. The lowest BCUT2D eigenvalue weighted by Gasteiger charge is -2.10. The molecular formula is C12H11Cl2N3. The van der Waals surface area contributed by atoms with E-state index in [9.17, 15) is 0 Å². The number of nitrogens with zero attached hydrogens (tertiary/aromatic N) is 2. The Morgan fingerprint density at radius 2 is 1.94 bits per heavy atom. The first-order valence-electron chi connectivity index (χ1n) is 5.08. The van der Waals surface area contributed by atoms with Crippen LogP contribution in [0.4, 0.5) is 11.5 Å². The molecule has 17 heavy (non-hydrogen) atoms.